The molecule has 124 valence electrons. The quantitative estimate of drug-likeness (QED) is 0.628. The van der Waals surface area contributed by atoms with Crippen molar-refractivity contribution in [3.63, 3.8) is 0 Å². The van der Waals surface area contributed by atoms with Crippen LogP contribution >= 0.6 is 0 Å². The first kappa shape index (κ1) is 16.8. The molecule has 1 unspecified atom stereocenters. The number of nitrogens with one attached hydrogen (secondary N) is 2. The van der Waals surface area contributed by atoms with Crippen LogP contribution in [-0.4, -0.2) is 28.8 Å². The van der Waals surface area contributed by atoms with Crippen LogP contribution < -0.4 is 10.6 Å². The summed E-state index contributed by atoms with van der Waals surface area (Å²) < 4.78 is 1.82. The lowest BCUT2D eigenvalue weighted by molar-refractivity contribution is 0.322. The second kappa shape index (κ2) is 8.81. The van der Waals surface area contributed by atoms with Crippen LogP contribution in [0.25, 0.3) is 0 Å². The zero-order chi connectivity index (χ0) is 15.8. The van der Waals surface area contributed by atoms with Gasteiger partial charge in [0.05, 0.1) is 6.20 Å². The van der Waals surface area contributed by atoms with Crippen molar-refractivity contribution in [3.8, 4) is 0 Å². The van der Waals surface area contributed by atoms with Crippen molar-refractivity contribution in [2.75, 3.05) is 7.05 Å². The molecule has 1 aromatic rings. The third-order valence-corrected chi connectivity index (χ3v) is 4.56. The van der Waals surface area contributed by atoms with Crippen molar-refractivity contribution in [1.29, 1.82) is 0 Å². The van der Waals surface area contributed by atoms with Gasteiger partial charge in [0, 0.05) is 38.4 Å². The van der Waals surface area contributed by atoms with E-state index >= 15 is 0 Å². The molecule has 1 aliphatic rings. The van der Waals surface area contributed by atoms with Gasteiger partial charge in [-0.05, 0) is 25.7 Å². The van der Waals surface area contributed by atoms with Crippen molar-refractivity contribution < 1.29 is 0 Å². The summed E-state index contributed by atoms with van der Waals surface area (Å²) in [6, 6.07) is 0.460. The summed E-state index contributed by atoms with van der Waals surface area (Å²) in [6.07, 6.45) is 13.6. The Labute approximate surface area is 134 Å². The van der Waals surface area contributed by atoms with E-state index in [1.54, 1.807) is 0 Å². The predicted molar refractivity (Wildman–Crippen MR) is 91.8 cm³/mol. The molecule has 22 heavy (non-hydrogen) atoms. The van der Waals surface area contributed by atoms with Gasteiger partial charge in [0.1, 0.15) is 0 Å². The average molecular weight is 305 g/mol. The molecule has 2 N–H and O–H groups in total. The molecule has 2 rings (SSSR count). The Bertz CT molecular complexity index is 459. The maximum absolute atomic E-state index is 4.31. The molecule has 1 aliphatic carbocycles. The molecule has 1 aromatic heterocycles. The number of hydrogen-bond acceptors (Lipinski definition) is 2. The lowest BCUT2D eigenvalue weighted by Gasteiger charge is -2.24. The van der Waals surface area contributed by atoms with E-state index < -0.39 is 0 Å². The van der Waals surface area contributed by atoms with Gasteiger partial charge in [-0.1, -0.05) is 32.1 Å². The first-order valence-electron chi connectivity index (χ1n) is 8.62. The highest BCUT2D eigenvalue weighted by atomic mass is 15.2. The Hall–Kier alpha value is -1.52. The summed E-state index contributed by atoms with van der Waals surface area (Å²) in [7, 11) is 3.76. The highest BCUT2D eigenvalue weighted by Crippen LogP contribution is 2.27. The molecule has 0 radical (unpaired) electrons. The standard InChI is InChI=1S/C17H31N5/c1-14(9-10-15-7-5-4-6-8-15)21-17(18-2)19-11-16-12-20-22(3)13-16/h12-15H,4-11H2,1-3H3,(H2,18,19,21). The van der Waals surface area contributed by atoms with E-state index in [9.17, 15) is 0 Å². The van der Waals surface area contributed by atoms with Crippen LogP contribution in [0.1, 0.15) is 57.4 Å². The van der Waals surface area contributed by atoms with Gasteiger partial charge in [0.15, 0.2) is 5.96 Å². The molecule has 0 saturated heterocycles. The zero-order valence-corrected chi connectivity index (χ0v) is 14.3. The molecular formula is C17H31N5. The number of rotatable bonds is 6. The Morgan fingerprint density at radius 2 is 2.18 bits per heavy atom. The highest BCUT2D eigenvalue weighted by molar-refractivity contribution is 5.79. The van der Waals surface area contributed by atoms with Crippen molar-refractivity contribution in [2.24, 2.45) is 18.0 Å². The summed E-state index contributed by atoms with van der Waals surface area (Å²) >= 11 is 0. The maximum atomic E-state index is 4.31. The van der Waals surface area contributed by atoms with Crippen LogP contribution in [0, 0.1) is 5.92 Å². The molecule has 0 amide bonds. The van der Waals surface area contributed by atoms with E-state index in [4.69, 9.17) is 0 Å². The molecule has 1 saturated carbocycles. The van der Waals surface area contributed by atoms with Gasteiger partial charge < -0.3 is 10.6 Å². The number of aliphatic imine (C=N–C) groups is 1. The molecule has 5 nitrogen and oxygen atoms in total. The average Bonchev–Trinajstić information content (AvgIpc) is 2.96. The summed E-state index contributed by atoms with van der Waals surface area (Å²) in [5, 5.41) is 11.0. The molecule has 0 spiro atoms. The number of nitrogens with zero attached hydrogens (tertiary/aromatic N) is 3. The Morgan fingerprint density at radius 3 is 2.82 bits per heavy atom. The fourth-order valence-electron chi connectivity index (χ4n) is 3.21. The third-order valence-electron chi connectivity index (χ3n) is 4.56. The lowest BCUT2D eigenvalue weighted by Crippen LogP contribution is -2.42. The number of hydrogen-bond donors (Lipinski definition) is 2. The highest BCUT2D eigenvalue weighted by Gasteiger charge is 2.15. The van der Waals surface area contributed by atoms with E-state index in [0.717, 1.165) is 18.4 Å². The van der Waals surface area contributed by atoms with Gasteiger partial charge in [0.2, 0.25) is 0 Å². The molecule has 0 aliphatic heterocycles. The van der Waals surface area contributed by atoms with E-state index in [1.807, 2.05) is 31.2 Å². The second-order valence-corrected chi connectivity index (χ2v) is 6.57. The number of aryl methyl sites for hydroxylation is 1. The van der Waals surface area contributed by atoms with Crippen molar-refractivity contribution in [1.82, 2.24) is 20.4 Å². The van der Waals surface area contributed by atoms with Crippen LogP contribution in [0.5, 0.6) is 0 Å². The Balaban J connectivity index is 1.67. The van der Waals surface area contributed by atoms with Crippen LogP contribution in [0.2, 0.25) is 0 Å². The van der Waals surface area contributed by atoms with Gasteiger partial charge in [-0.2, -0.15) is 5.10 Å². The van der Waals surface area contributed by atoms with Crippen LogP contribution in [-0.2, 0) is 13.6 Å². The summed E-state index contributed by atoms with van der Waals surface area (Å²) in [6.45, 7) is 3.00. The smallest absolute Gasteiger partial charge is 0.191 e. The minimum absolute atomic E-state index is 0.460. The zero-order valence-electron chi connectivity index (χ0n) is 14.3. The molecule has 0 aromatic carbocycles. The molecule has 1 fully saturated rings. The summed E-state index contributed by atoms with van der Waals surface area (Å²) in [4.78, 5) is 4.31. The van der Waals surface area contributed by atoms with Gasteiger partial charge >= 0.3 is 0 Å². The van der Waals surface area contributed by atoms with E-state index in [-0.39, 0.29) is 0 Å². The first-order valence-corrected chi connectivity index (χ1v) is 8.62. The number of aromatic nitrogens is 2. The minimum atomic E-state index is 0.460. The van der Waals surface area contributed by atoms with Gasteiger partial charge in [-0.3, -0.25) is 9.67 Å². The largest absolute Gasteiger partial charge is 0.354 e. The lowest BCUT2D eigenvalue weighted by atomic mass is 9.85. The van der Waals surface area contributed by atoms with Crippen LogP contribution in [0.4, 0.5) is 0 Å². The summed E-state index contributed by atoms with van der Waals surface area (Å²) in [5.41, 5.74) is 1.17. The van der Waals surface area contributed by atoms with Crippen molar-refractivity contribution in [2.45, 2.75) is 64.5 Å². The fraction of sp³-hybridized carbons (Fsp3) is 0.765. The third kappa shape index (κ3) is 5.70. The molecule has 0 bridgehead atoms. The van der Waals surface area contributed by atoms with E-state index in [1.165, 1.54) is 50.5 Å². The Morgan fingerprint density at radius 1 is 1.41 bits per heavy atom. The van der Waals surface area contributed by atoms with Gasteiger partial charge in [-0.25, -0.2) is 0 Å². The minimum Gasteiger partial charge on any atom is -0.354 e. The van der Waals surface area contributed by atoms with Crippen molar-refractivity contribution >= 4 is 5.96 Å². The maximum Gasteiger partial charge on any atom is 0.191 e. The topological polar surface area (TPSA) is 54.2 Å². The SMILES string of the molecule is CN=C(NCc1cnn(C)c1)NC(C)CCC1CCCCC1. The van der Waals surface area contributed by atoms with Gasteiger partial charge in [-0.15, -0.1) is 0 Å². The molecule has 5 heteroatoms. The molecule has 1 heterocycles. The fourth-order valence-corrected chi connectivity index (χ4v) is 3.21. The van der Waals surface area contributed by atoms with E-state index in [0.29, 0.717) is 6.04 Å². The van der Waals surface area contributed by atoms with Crippen LogP contribution in [0.15, 0.2) is 17.4 Å². The van der Waals surface area contributed by atoms with E-state index in [2.05, 4.69) is 27.6 Å². The van der Waals surface area contributed by atoms with Crippen molar-refractivity contribution in [3.05, 3.63) is 18.0 Å². The molecular weight excluding hydrogens is 274 g/mol. The predicted octanol–water partition coefficient (Wildman–Crippen LogP) is 2.83. The van der Waals surface area contributed by atoms with Gasteiger partial charge in [0.25, 0.3) is 0 Å². The summed E-state index contributed by atoms with van der Waals surface area (Å²) in [5.74, 6) is 1.82. The number of guanidine groups is 1. The second-order valence-electron chi connectivity index (χ2n) is 6.57. The monoisotopic (exact) mass is 305 g/mol. The Kier molecular flexibility index (Phi) is 6.74. The molecule has 1 atom stereocenters. The van der Waals surface area contributed by atoms with Crippen LogP contribution in [0.3, 0.4) is 0 Å². The normalized spacial score (nSPS) is 18.2. The first-order chi connectivity index (χ1) is 10.7.